The Balaban J connectivity index is 1.84. The van der Waals surface area contributed by atoms with Gasteiger partial charge in [0.15, 0.2) is 5.96 Å². The Bertz CT molecular complexity index is 654. The van der Waals surface area contributed by atoms with Crippen LogP contribution in [0.5, 0.6) is 0 Å². The van der Waals surface area contributed by atoms with Gasteiger partial charge in [0.25, 0.3) is 0 Å². The maximum atomic E-state index is 5.92. The monoisotopic (exact) mass is 300 g/mol. The predicted molar refractivity (Wildman–Crippen MR) is 90.3 cm³/mol. The van der Waals surface area contributed by atoms with Crippen LogP contribution in [-0.2, 0) is 6.42 Å². The summed E-state index contributed by atoms with van der Waals surface area (Å²) in [6, 6.07) is 6.15. The summed E-state index contributed by atoms with van der Waals surface area (Å²) >= 11 is 0. The number of aryl methyl sites for hydroxylation is 4. The van der Waals surface area contributed by atoms with Crippen LogP contribution in [-0.4, -0.2) is 17.7 Å². The number of nitrogens with two attached hydrogens (primary N) is 1. The van der Waals surface area contributed by atoms with E-state index in [1.807, 2.05) is 19.9 Å². The molecule has 0 aliphatic carbocycles. The number of hydrogen-bond donors (Lipinski definition) is 2. The van der Waals surface area contributed by atoms with E-state index in [9.17, 15) is 0 Å². The van der Waals surface area contributed by atoms with Gasteiger partial charge < -0.3 is 15.6 Å². The second-order valence-electron chi connectivity index (χ2n) is 5.60. The number of rotatable bonds is 5. The topological polar surface area (TPSA) is 76.4 Å². The van der Waals surface area contributed by atoms with E-state index in [2.05, 4.69) is 41.4 Å². The van der Waals surface area contributed by atoms with Crippen molar-refractivity contribution in [3.05, 3.63) is 46.3 Å². The first-order valence-corrected chi connectivity index (χ1v) is 7.53. The van der Waals surface area contributed by atoms with E-state index in [1.165, 1.54) is 16.7 Å². The van der Waals surface area contributed by atoms with Crippen molar-refractivity contribution in [1.82, 2.24) is 5.16 Å². The molecule has 0 atom stereocenters. The molecule has 0 saturated carbocycles. The van der Waals surface area contributed by atoms with E-state index >= 15 is 0 Å². The van der Waals surface area contributed by atoms with Gasteiger partial charge in [-0.15, -0.1) is 0 Å². The van der Waals surface area contributed by atoms with Crippen LogP contribution in [0.4, 0.5) is 5.69 Å². The Hall–Kier alpha value is -2.30. The Morgan fingerprint density at radius 1 is 1.23 bits per heavy atom. The minimum Gasteiger partial charge on any atom is -0.370 e. The molecule has 5 nitrogen and oxygen atoms in total. The number of guanidine groups is 1. The van der Waals surface area contributed by atoms with Crippen LogP contribution in [0, 0.1) is 27.7 Å². The molecule has 2 rings (SSSR count). The third-order valence-electron chi connectivity index (χ3n) is 3.83. The van der Waals surface area contributed by atoms with Crippen molar-refractivity contribution in [3.63, 3.8) is 0 Å². The lowest BCUT2D eigenvalue weighted by atomic mass is 10.1. The molecular weight excluding hydrogens is 276 g/mol. The van der Waals surface area contributed by atoms with Crippen LogP contribution < -0.4 is 11.1 Å². The van der Waals surface area contributed by atoms with Gasteiger partial charge in [0, 0.05) is 17.8 Å². The molecule has 0 saturated heterocycles. The number of aromatic nitrogens is 1. The number of hydrogen-bond acceptors (Lipinski definition) is 3. The number of aliphatic imine (C=N–C) groups is 1. The number of benzene rings is 1. The molecule has 0 aliphatic rings. The lowest BCUT2D eigenvalue weighted by molar-refractivity contribution is 0.392. The molecule has 0 amide bonds. The van der Waals surface area contributed by atoms with E-state index in [1.54, 1.807) is 0 Å². The fourth-order valence-corrected chi connectivity index (χ4v) is 2.32. The maximum Gasteiger partial charge on any atom is 0.193 e. The Labute approximate surface area is 131 Å². The van der Waals surface area contributed by atoms with E-state index in [4.69, 9.17) is 10.3 Å². The zero-order valence-electron chi connectivity index (χ0n) is 13.7. The third-order valence-corrected chi connectivity index (χ3v) is 3.83. The van der Waals surface area contributed by atoms with Gasteiger partial charge in [0.2, 0.25) is 0 Å². The molecule has 0 bridgehead atoms. The average molecular weight is 300 g/mol. The van der Waals surface area contributed by atoms with Crippen molar-refractivity contribution in [2.45, 2.75) is 40.5 Å². The molecule has 2 aromatic rings. The van der Waals surface area contributed by atoms with Crippen molar-refractivity contribution in [2.75, 3.05) is 11.9 Å². The molecule has 0 fully saturated rings. The molecule has 118 valence electrons. The molecule has 0 radical (unpaired) electrons. The fraction of sp³-hybridized carbons (Fsp3) is 0.412. The molecule has 1 aromatic heterocycles. The summed E-state index contributed by atoms with van der Waals surface area (Å²) in [5.41, 5.74) is 11.5. The molecule has 3 N–H and O–H groups in total. The molecule has 5 heteroatoms. The summed E-state index contributed by atoms with van der Waals surface area (Å²) in [6.07, 6.45) is 1.82. The minimum atomic E-state index is 0.446. The van der Waals surface area contributed by atoms with Gasteiger partial charge in [-0.3, -0.25) is 4.99 Å². The Morgan fingerprint density at radius 2 is 2.00 bits per heavy atom. The van der Waals surface area contributed by atoms with Crippen LogP contribution in [0.25, 0.3) is 0 Å². The highest BCUT2D eigenvalue weighted by atomic mass is 16.5. The summed E-state index contributed by atoms with van der Waals surface area (Å²) < 4.78 is 5.15. The van der Waals surface area contributed by atoms with Gasteiger partial charge >= 0.3 is 0 Å². The molecule has 1 heterocycles. The largest absolute Gasteiger partial charge is 0.370 e. The van der Waals surface area contributed by atoms with Gasteiger partial charge in [-0.2, -0.15) is 0 Å². The number of anilines is 1. The second kappa shape index (κ2) is 7.11. The van der Waals surface area contributed by atoms with Gasteiger partial charge in [-0.05, 0) is 63.8 Å². The minimum absolute atomic E-state index is 0.446. The van der Waals surface area contributed by atoms with E-state index in [0.29, 0.717) is 12.5 Å². The van der Waals surface area contributed by atoms with Crippen LogP contribution in [0.15, 0.2) is 27.7 Å². The maximum absolute atomic E-state index is 5.92. The quantitative estimate of drug-likeness (QED) is 0.505. The fourth-order valence-electron chi connectivity index (χ4n) is 2.32. The predicted octanol–water partition coefficient (Wildman–Crippen LogP) is 3.27. The zero-order valence-corrected chi connectivity index (χ0v) is 13.7. The average Bonchev–Trinajstić information content (AvgIpc) is 2.79. The summed E-state index contributed by atoms with van der Waals surface area (Å²) in [7, 11) is 0. The summed E-state index contributed by atoms with van der Waals surface area (Å²) in [5.74, 6) is 1.34. The van der Waals surface area contributed by atoms with Crippen molar-refractivity contribution in [2.24, 2.45) is 10.7 Å². The molecule has 0 aliphatic heterocycles. The van der Waals surface area contributed by atoms with Crippen LogP contribution in [0.2, 0.25) is 0 Å². The Morgan fingerprint density at radius 3 is 2.64 bits per heavy atom. The standard InChI is InChI=1S/C17H24N4O/c1-11-7-8-15(10-12(11)2)20-17(18)19-9-5-6-16-13(3)21-22-14(16)4/h7-8,10H,5-6,9H2,1-4H3,(H3,18,19,20). The highest BCUT2D eigenvalue weighted by Gasteiger charge is 2.07. The van der Waals surface area contributed by atoms with Crippen LogP contribution in [0.1, 0.15) is 34.6 Å². The molecule has 0 unspecified atom stereocenters. The van der Waals surface area contributed by atoms with Gasteiger partial charge in [0.1, 0.15) is 5.76 Å². The van der Waals surface area contributed by atoms with Gasteiger partial charge in [-0.1, -0.05) is 11.2 Å². The van der Waals surface area contributed by atoms with Crippen LogP contribution >= 0.6 is 0 Å². The van der Waals surface area contributed by atoms with Crippen molar-refractivity contribution in [1.29, 1.82) is 0 Å². The summed E-state index contributed by atoms with van der Waals surface area (Å²) in [4.78, 5) is 4.36. The van der Waals surface area contributed by atoms with Gasteiger partial charge in [-0.25, -0.2) is 0 Å². The molecular formula is C17H24N4O. The van der Waals surface area contributed by atoms with E-state index < -0.39 is 0 Å². The van der Waals surface area contributed by atoms with E-state index in [-0.39, 0.29) is 0 Å². The molecule has 1 aromatic carbocycles. The lowest BCUT2D eigenvalue weighted by Crippen LogP contribution is -2.23. The highest BCUT2D eigenvalue weighted by Crippen LogP contribution is 2.15. The third kappa shape index (κ3) is 4.10. The van der Waals surface area contributed by atoms with Crippen molar-refractivity contribution < 1.29 is 4.52 Å². The van der Waals surface area contributed by atoms with Crippen molar-refractivity contribution >= 4 is 11.6 Å². The number of nitrogens with zero attached hydrogens (tertiary/aromatic N) is 2. The molecule has 22 heavy (non-hydrogen) atoms. The first-order chi connectivity index (χ1) is 10.5. The normalized spacial score (nSPS) is 11.7. The zero-order chi connectivity index (χ0) is 16.1. The number of nitrogens with one attached hydrogen (secondary N) is 1. The second-order valence-corrected chi connectivity index (χ2v) is 5.60. The summed E-state index contributed by atoms with van der Waals surface area (Å²) in [6.45, 7) is 8.75. The first kappa shape index (κ1) is 16.1. The van der Waals surface area contributed by atoms with E-state index in [0.717, 1.165) is 30.0 Å². The SMILES string of the molecule is Cc1ccc(NC(N)=NCCCc2c(C)noc2C)cc1C. The highest BCUT2D eigenvalue weighted by molar-refractivity contribution is 5.92. The molecule has 0 spiro atoms. The summed E-state index contributed by atoms with van der Waals surface area (Å²) in [5, 5.41) is 7.08. The lowest BCUT2D eigenvalue weighted by Gasteiger charge is -2.08. The Kier molecular flexibility index (Phi) is 5.20. The van der Waals surface area contributed by atoms with Gasteiger partial charge in [0.05, 0.1) is 5.69 Å². The van der Waals surface area contributed by atoms with Crippen LogP contribution in [0.3, 0.4) is 0 Å². The first-order valence-electron chi connectivity index (χ1n) is 7.53. The smallest absolute Gasteiger partial charge is 0.193 e. The van der Waals surface area contributed by atoms with Crippen molar-refractivity contribution in [3.8, 4) is 0 Å².